The standard InChI is InChI=1S/C21H17N3O3S/c1-13-17-12-18(28-20(17)24(23-13)16-9-4-3-5-10-16)19(25)22-15-8-6-7-14(11-15)21(26)27-2/h3-12H,1-2H3,(H,22,25). The van der Waals surface area contributed by atoms with Crippen molar-refractivity contribution >= 4 is 39.1 Å². The molecule has 0 aliphatic carbocycles. The minimum absolute atomic E-state index is 0.234. The van der Waals surface area contributed by atoms with E-state index in [4.69, 9.17) is 4.74 Å². The average Bonchev–Trinajstić information content (AvgIpc) is 3.29. The summed E-state index contributed by atoms with van der Waals surface area (Å²) < 4.78 is 6.57. The summed E-state index contributed by atoms with van der Waals surface area (Å²) in [4.78, 5) is 25.9. The van der Waals surface area contributed by atoms with Gasteiger partial charge < -0.3 is 10.1 Å². The summed E-state index contributed by atoms with van der Waals surface area (Å²) in [5.41, 5.74) is 2.72. The van der Waals surface area contributed by atoms with Gasteiger partial charge in [-0.25, -0.2) is 9.48 Å². The maximum atomic E-state index is 12.7. The van der Waals surface area contributed by atoms with Crippen LogP contribution in [0.4, 0.5) is 5.69 Å². The van der Waals surface area contributed by atoms with Gasteiger partial charge in [-0.3, -0.25) is 4.79 Å². The van der Waals surface area contributed by atoms with Crippen LogP contribution < -0.4 is 5.32 Å². The maximum absolute atomic E-state index is 12.7. The van der Waals surface area contributed by atoms with E-state index in [0.29, 0.717) is 16.1 Å². The zero-order chi connectivity index (χ0) is 19.7. The van der Waals surface area contributed by atoms with Gasteiger partial charge in [0.1, 0.15) is 4.83 Å². The lowest BCUT2D eigenvalue weighted by Crippen LogP contribution is -2.11. The van der Waals surface area contributed by atoms with Crippen LogP contribution in [-0.4, -0.2) is 28.8 Å². The van der Waals surface area contributed by atoms with Gasteiger partial charge in [0.25, 0.3) is 5.91 Å². The maximum Gasteiger partial charge on any atom is 0.337 e. The molecule has 0 bridgehead atoms. The molecular formula is C21H17N3O3S. The highest BCUT2D eigenvalue weighted by Gasteiger charge is 2.17. The Morgan fingerprint density at radius 1 is 1.07 bits per heavy atom. The molecule has 0 radical (unpaired) electrons. The fourth-order valence-electron chi connectivity index (χ4n) is 2.94. The fourth-order valence-corrected chi connectivity index (χ4v) is 4.02. The SMILES string of the molecule is COC(=O)c1cccc(NC(=O)c2cc3c(C)nn(-c4ccccc4)c3s2)c1. The predicted octanol–water partition coefficient (Wildman–Crippen LogP) is 4.43. The number of carbonyl (C=O) groups excluding carboxylic acids is 2. The average molecular weight is 391 g/mol. The molecule has 2 aromatic heterocycles. The van der Waals surface area contributed by atoms with Crippen molar-refractivity contribution in [1.29, 1.82) is 0 Å². The molecule has 4 aromatic rings. The van der Waals surface area contributed by atoms with Crippen LogP contribution in [0.5, 0.6) is 0 Å². The Hall–Kier alpha value is -3.45. The topological polar surface area (TPSA) is 73.2 Å². The van der Waals surface area contributed by atoms with Crippen molar-refractivity contribution in [2.45, 2.75) is 6.92 Å². The first-order chi connectivity index (χ1) is 13.6. The van der Waals surface area contributed by atoms with Crippen molar-refractivity contribution in [3.63, 3.8) is 0 Å². The van der Waals surface area contributed by atoms with Gasteiger partial charge in [0.2, 0.25) is 0 Å². The van der Waals surface area contributed by atoms with Crippen LogP contribution in [0, 0.1) is 6.92 Å². The van der Waals surface area contributed by atoms with Gasteiger partial charge in [-0.15, -0.1) is 11.3 Å². The van der Waals surface area contributed by atoms with E-state index in [1.54, 1.807) is 24.3 Å². The third-order valence-corrected chi connectivity index (χ3v) is 5.42. The minimum atomic E-state index is -0.448. The van der Waals surface area contributed by atoms with Gasteiger partial charge in [-0.2, -0.15) is 5.10 Å². The van der Waals surface area contributed by atoms with Gasteiger partial charge in [-0.05, 0) is 43.3 Å². The van der Waals surface area contributed by atoms with Gasteiger partial charge in [0.15, 0.2) is 0 Å². The van der Waals surface area contributed by atoms with E-state index in [1.165, 1.54) is 18.4 Å². The first kappa shape index (κ1) is 17.9. The highest BCUT2D eigenvalue weighted by molar-refractivity contribution is 7.20. The first-order valence-corrected chi connectivity index (χ1v) is 9.43. The number of hydrogen-bond acceptors (Lipinski definition) is 5. The first-order valence-electron chi connectivity index (χ1n) is 8.61. The van der Waals surface area contributed by atoms with Crippen LogP contribution in [0.25, 0.3) is 15.9 Å². The summed E-state index contributed by atoms with van der Waals surface area (Å²) in [6.07, 6.45) is 0. The van der Waals surface area contributed by atoms with Crippen molar-refractivity contribution in [3.05, 3.63) is 76.8 Å². The molecule has 6 nitrogen and oxygen atoms in total. The number of aromatic nitrogens is 2. The van der Waals surface area contributed by atoms with Gasteiger partial charge in [-0.1, -0.05) is 24.3 Å². The molecular weight excluding hydrogens is 374 g/mol. The third-order valence-electron chi connectivity index (χ3n) is 4.31. The lowest BCUT2D eigenvalue weighted by molar-refractivity contribution is 0.0600. The number of fused-ring (bicyclic) bond motifs is 1. The van der Waals surface area contributed by atoms with E-state index < -0.39 is 5.97 Å². The van der Waals surface area contributed by atoms with Crippen LogP contribution >= 0.6 is 11.3 Å². The molecule has 0 saturated carbocycles. The Bertz CT molecular complexity index is 1180. The molecule has 2 aromatic carbocycles. The van der Waals surface area contributed by atoms with Gasteiger partial charge >= 0.3 is 5.97 Å². The minimum Gasteiger partial charge on any atom is -0.465 e. The van der Waals surface area contributed by atoms with Crippen LogP contribution in [0.1, 0.15) is 25.7 Å². The van der Waals surface area contributed by atoms with E-state index in [-0.39, 0.29) is 5.91 Å². The molecule has 0 aliphatic heterocycles. The van der Waals surface area contributed by atoms with E-state index >= 15 is 0 Å². The number of ether oxygens (including phenoxy) is 1. The smallest absolute Gasteiger partial charge is 0.337 e. The normalized spacial score (nSPS) is 10.8. The van der Waals surface area contributed by atoms with Crippen LogP contribution in [0.3, 0.4) is 0 Å². The third kappa shape index (κ3) is 3.27. The monoisotopic (exact) mass is 391 g/mol. The summed E-state index contributed by atoms with van der Waals surface area (Å²) in [5.74, 6) is -0.682. The lowest BCUT2D eigenvalue weighted by atomic mass is 10.2. The van der Waals surface area contributed by atoms with Crippen LogP contribution in [-0.2, 0) is 4.74 Å². The number of carbonyl (C=O) groups is 2. The fraction of sp³-hybridized carbons (Fsp3) is 0.0952. The van der Waals surface area contributed by atoms with Crippen molar-refractivity contribution in [3.8, 4) is 5.69 Å². The predicted molar refractivity (Wildman–Crippen MR) is 109 cm³/mol. The number of anilines is 1. The van der Waals surface area contributed by atoms with Crippen LogP contribution in [0.2, 0.25) is 0 Å². The quantitative estimate of drug-likeness (QED) is 0.522. The molecule has 7 heteroatoms. The number of aryl methyl sites for hydroxylation is 1. The number of para-hydroxylation sites is 1. The van der Waals surface area contributed by atoms with Crippen molar-refractivity contribution < 1.29 is 14.3 Å². The molecule has 140 valence electrons. The van der Waals surface area contributed by atoms with Crippen LogP contribution in [0.15, 0.2) is 60.7 Å². The van der Waals surface area contributed by atoms with Crippen molar-refractivity contribution in [1.82, 2.24) is 9.78 Å². The molecule has 0 saturated heterocycles. The molecule has 1 amide bonds. The summed E-state index contributed by atoms with van der Waals surface area (Å²) in [7, 11) is 1.32. The number of nitrogens with one attached hydrogen (secondary N) is 1. The van der Waals surface area contributed by atoms with Crippen molar-refractivity contribution in [2.75, 3.05) is 12.4 Å². The van der Waals surface area contributed by atoms with E-state index in [1.807, 2.05) is 48.0 Å². The molecule has 4 rings (SSSR count). The Morgan fingerprint density at radius 3 is 2.61 bits per heavy atom. The molecule has 0 fully saturated rings. The number of amides is 1. The van der Waals surface area contributed by atoms with E-state index in [2.05, 4.69) is 10.4 Å². The summed E-state index contributed by atoms with van der Waals surface area (Å²) in [6.45, 7) is 1.93. The Labute approximate surface area is 165 Å². The number of esters is 1. The molecule has 0 unspecified atom stereocenters. The number of benzene rings is 2. The Balaban J connectivity index is 1.65. The molecule has 0 spiro atoms. The molecule has 0 atom stereocenters. The number of methoxy groups -OCH3 is 1. The molecule has 28 heavy (non-hydrogen) atoms. The van der Waals surface area contributed by atoms with E-state index in [9.17, 15) is 9.59 Å². The highest BCUT2D eigenvalue weighted by Crippen LogP contribution is 2.30. The second-order valence-corrected chi connectivity index (χ2v) is 7.22. The Kier molecular flexibility index (Phi) is 4.67. The highest BCUT2D eigenvalue weighted by atomic mass is 32.1. The summed E-state index contributed by atoms with van der Waals surface area (Å²) in [5, 5.41) is 8.38. The van der Waals surface area contributed by atoms with Gasteiger partial charge in [0, 0.05) is 11.1 Å². The van der Waals surface area contributed by atoms with Gasteiger partial charge in [0.05, 0.1) is 28.9 Å². The largest absolute Gasteiger partial charge is 0.465 e. The number of thiophene rings is 1. The summed E-state index contributed by atoms with van der Waals surface area (Å²) >= 11 is 1.38. The molecule has 0 aliphatic rings. The molecule has 2 heterocycles. The zero-order valence-electron chi connectivity index (χ0n) is 15.3. The van der Waals surface area contributed by atoms with Crippen molar-refractivity contribution in [2.24, 2.45) is 0 Å². The number of rotatable bonds is 4. The second kappa shape index (κ2) is 7.28. The zero-order valence-corrected chi connectivity index (χ0v) is 16.1. The lowest BCUT2D eigenvalue weighted by Gasteiger charge is -2.05. The number of nitrogens with zero attached hydrogens (tertiary/aromatic N) is 2. The molecule has 1 N–H and O–H groups in total. The Morgan fingerprint density at radius 2 is 1.86 bits per heavy atom. The second-order valence-electron chi connectivity index (χ2n) is 6.19. The summed E-state index contributed by atoms with van der Waals surface area (Å²) in [6, 6.07) is 18.3. The van der Waals surface area contributed by atoms with E-state index in [0.717, 1.165) is 21.6 Å². The number of hydrogen-bond donors (Lipinski definition) is 1.